The van der Waals surface area contributed by atoms with Crippen molar-refractivity contribution < 1.29 is 0 Å². The number of fused-ring (bicyclic) bond motifs is 1. The predicted octanol–water partition coefficient (Wildman–Crippen LogP) is 3.70. The Kier molecular flexibility index (Phi) is 5.07. The number of nitrogens with one attached hydrogen (secondary N) is 1. The van der Waals surface area contributed by atoms with Gasteiger partial charge in [0.15, 0.2) is 0 Å². The summed E-state index contributed by atoms with van der Waals surface area (Å²) < 4.78 is 3.82. The van der Waals surface area contributed by atoms with Gasteiger partial charge in [0.25, 0.3) is 0 Å². The lowest BCUT2D eigenvalue weighted by Gasteiger charge is -2.08. The zero-order valence-electron chi connectivity index (χ0n) is 16.9. The highest BCUT2D eigenvalue weighted by Gasteiger charge is 2.18. The Morgan fingerprint density at radius 1 is 1.11 bits per heavy atom. The molecule has 1 aliphatic heterocycles. The monoisotopic (exact) mass is 376 g/mol. The second-order valence-electron chi connectivity index (χ2n) is 7.80. The molecule has 0 radical (unpaired) electrons. The predicted molar refractivity (Wildman–Crippen MR) is 115 cm³/mol. The molecule has 146 valence electrons. The maximum atomic E-state index is 13.2. The van der Waals surface area contributed by atoms with Crippen molar-refractivity contribution in [3.8, 4) is 0 Å². The molecule has 28 heavy (non-hydrogen) atoms. The molecule has 0 fully saturated rings. The van der Waals surface area contributed by atoms with E-state index < -0.39 is 0 Å². The first-order valence-corrected chi connectivity index (χ1v) is 10.2. The quantitative estimate of drug-likeness (QED) is 0.713. The number of aryl methyl sites for hydroxylation is 2. The van der Waals surface area contributed by atoms with Crippen LogP contribution in [0, 0.1) is 6.92 Å². The Bertz CT molecular complexity index is 1070. The molecule has 0 amide bonds. The Balaban J connectivity index is 1.81. The van der Waals surface area contributed by atoms with Crippen LogP contribution in [0.3, 0.4) is 0 Å². The van der Waals surface area contributed by atoms with Crippen molar-refractivity contribution in [3.05, 3.63) is 69.6 Å². The van der Waals surface area contributed by atoms with Crippen LogP contribution in [0.2, 0.25) is 0 Å². The largest absolute Gasteiger partial charge is 0.366 e. The summed E-state index contributed by atoms with van der Waals surface area (Å²) >= 11 is 0. The zero-order valence-corrected chi connectivity index (χ0v) is 16.9. The van der Waals surface area contributed by atoms with Crippen LogP contribution in [0.4, 0.5) is 0 Å². The van der Waals surface area contributed by atoms with E-state index in [1.54, 1.807) is 0 Å². The summed E-state index contributed by atoms with van der Waals surface area (Å²) in [6.45, 7) is 8.48. The molecular weight excluding hydrogens is 348 g/mol. The van der Waals surface area contributed by atoms with Crippen molar-refractivity contribution in [1.82, 2.24) is 14.5 Å². The number of nitrogens with zero attached hydrogens (tertiary/aromatic N) is 3. The number of unbranched alkanes of at least 4 members (excludes halogenated alkanes) is 1. The molecule has 1 atom stereocenters. The Hall–Kier alpha value is -2.82. The first-order valence-electron chi connectivity index (χ1n) is 10.2. The second-order valence-corrected chi connectivity index (χ2v) is 7.80. The second kappa shape index (κ2) is 7.66. The SMILES string of the molecule is CCCCn1c(=O)n(Cc2ccc(C)cc2)c2cc(C3=NCC(C)N3)ccc21. The Labute approximate surface area is 165 Å². The van der Waals surface area contributed by atoms with E-state index in [9.17, 15) is 4.79 Å². The minimum Gasteiger partial charge on any atom is -0.366 e. The third-order valence-electron chi connectivity index (χ3n) is 5.40. The summed E-state index contributed by atoms with van der Waals surface area (Å²) in [5.41, 5.74) is 5.45. The highest BCUT2D eigenvalue weighted by molar-refractivity contribution is 6.02. The fraction of sp³-hybridized carbons (Fsp3) is 0.391. The van der Waals surface area contributed by atoms with Gasteiger partial charge in [0.05, 0.1) is 24.1 Å². The summed E-state index contributed by atoms with van der Waals surface area (Å²) in [4.78, 5) is 17.8. The lowest BCUT2D eigenvalue weighted by Crippen LogP contribution is -2.27. The molecule has 3 aromatic rings. The van der Waals surface area contributed by atoms with E-state index in [2.05, 4.69) is 73.5 Å². The number of aliphatic imine (C=N–C) groups is 1. The van der Waals surface area contributed by atoms with Crippen molar-refractivity contribution in [1.29, 1.82) is 0 Å². The van der Waals surface area contributed by atoms with Crippen LogP contribution < -0.4 is 11.0 Å². The fourth-order valence-electron chi connectivity index (χ4n) is 3.76. The zero-order chi connectivity index (χ0) is 19.7. The Morgan fingerprint density at radius 2 is 1.89 bits per heavy atom. The number of rotatable bonds is 6. The third kappa shape index (κ3) is 3.49. The molecule has 0 aliphatic carbocycles. The molecule has 2 aromatic carbocycles. The van der Waals surface area contributed by atoms with Crippen LogP contribution >= 0.6 is 0 Å². The van der Waals surface area contributed by atoms with Gasteiger partial charge in [0, 0.05) is 18.2 Å². The van der Waals surface area contributed by atoms with E-state index in [0.717, 1.165) is 53.9 Å². The van der Waals surface area contributed by atoms with Gasteiger partial charge in [-0.1, -0.05) is 43.2 Å². The van der Waals surface area contributed by atoms with Crippen LogP contribution in [-0.2, 0) is 13.1 Å². The van der Waals surface area contributed by atoms with Gasteiger partial charge in [-0.15, -0.1) is 0 Å². The number of imidazole rings is 1. The van der Waals surface area contributed by atoms with Gasteiger partial charge in [-0.2, -0.15) is 0 Å². The molecule has 1 aromatic heterocycles. The smallest absolute Gasteiger partial charge is 0.329 e. The van der Waals surface area contributed by atoms with E-state index in [-0.39, 0.29) is 5.69 Å². The molecule has 4 rings (SSSR count). The summed E-state index contributed by atoms with van der Waals surface area (Å²) in [7, 11) is 0. The summed E-state index contributed by atoms with van der Waals surface area (Å²) in [6, 6.07) is 15.0. The van der Waals surface area contributed by atoms with E-state index >= 15 is 0 Å². The number of hydrogen-bond donors (Lipinski definition) is 1. The van der Waals surface area contributed by atoms with Crippen molar-refractivity contribution in [3.63, 3.8) is 0 Å². The van der Waals surface area contributed by atoms with Crippen LogP contribution in [-0.4, -0.2) is 27.6 Å². The van der Waals surface area contributed by atoms with E-state index in [1.165, 1.54) is 5.56 Å². The van der Waals surface area contributed by atoms with Gasteiger partial charge in [-0.05, 0) is 44.0 Å². The maximum Gasteiger partial charge on any atom is 0.329 e. The van der Waals surface area contributed by atoms with Crippen LogP contribution in [0.5, 0.6) is 0 Å². The molecule has 1 N–H and O–H groups in total. The lowest BCUT2D eigenvalue weighted by atomic mass is 10.1. The van der Waals surface area contributed by atoms with Gasteiger partial charge in [-0.25, -0.2) is 4.79 Å². The minimum absolute atomic E-state index is 0.0656. The first-order chi connectivity index (χ1) is 13.6. The van der Waals surface area contributed by atoms with Gasteiger partial charge in [-0.3, -0.25) is 14.1 Å². The summed E-state index contributed by atoms with van der Waals surface area (Å²) in [5.74, 6) is 0.921. The number of amidine groups is 1. The summed E-state index contributed by atoms with van der Waals surface area (Å²) in [6.07, 6.45) is 2.06. The normalized spacial score (nSPS) is 16.4. The van der Waals surface area contributed by atoms with Crippen molar-refractivity contribution >= 4 is 16.9 Å². The number of hydrogen-bond acceptors (Lipinski definition) is 3. The highest BCUT2D eigenvalue weighted by atomic mass is 16.1. The molecule has 0 saturated heterocycles. The van der Waals surface area contributed by atoms with Crippen LogP contribution in [0.25, 0.3) is 11.0 Å². The molecule has 1 unspecified atom stereocenters. The lowest BCUT2D eigenvalue weighted by molar-refractivity contribution is 0.606. The Morgan fingerprint density at radius 3 is 2.57 bits per heavy atom. The van der Waals surface area contributed by atoms with Gasteiger partial charge >= 0.3 is 5.69 Å². The molecule has 2 heterocycles. The molecule has 0 bridgehead atoms. The van der Waals surface area contributed by atoms with Crippen LogP contribution in [0.15, 0.2) is 52.3 Å². The number of benzene rings is 2. The van der Waals surface area contributed by atoms with Crippen molar-refractivity contribution in [2.24, 2.45) is 4.99 Å². The van der Waals surface area contributed by atoms with Gasteiger partial charge < -0.3 is 5.32 Å². The molecule has 5 nitrogen and oxygen atoms in total. The van der Waals surface area contributed by atoms with E-state index in [4.69, 9.17) is 0 Å². The number of aromatic nitrogens is 2. The van der Waals surface area contributed by atoms with Crippen molar-refractivity contribution in [2.45, 2.75) is 52.7 Å². The third-order valence-corrected chi connectivity index (χ3v) is 5.40. The summed E-state index contributed by atoms with van der Waals surface area (Å²) in [5, 5.41) is 3.42. The van der Waals surface area contributed by atoms with Crippen LogP contribution in [0.1, 0.15) is 43.4 Å². The maximum absolute atomic E-state index is 13.2. The first kappa shape index (κ1) is 18.5. The van der Waals surface area contributed by atoms with E-state index in [0.29, 0.717) is 12.6 Å². The van der Waals surface area contributed by atoms with E-state index in [1.807, 2.05) is 9.13 Å². The highest BCUT2D eigenvalue weighted by Crippen LogP contribution is 2.19. The molecule has 1 aliphatic rings. The van der Waals surface area contributed by atoms with Crippen molar-refractivity contribution in [2.75, 3.05) is 6.54 Å². The molecule has 5 heteroatoms. The topological polar surface area (TPSA) is 51.3 Å². The average Bonchev–Trinajstić information content (AvgIpc) is 3.24. The average molecular weight is 377 g/mol. The minimum atomic E-state index is 0.0656. The molecule has 0 spiro atoms. The van der Waals surface area contributed by atoms with Gasteiger partial charge in [0.2, 0.25) is 0 Å². The molecular formula is C23H28N4O. The molecule has 0 saturated carbocycles. The standard InChI is InChI=1S/C23H28N4O/c1-4-5-12-26-20-11-10-19(22-24-14-17(3)25-22)13-21(20)27(23(26)28)15-18-8-6-16(2)7-9-18/h6-11,13,17H,4-5,12,14-15H2,1-3H3,(H,24,25). The van der Waals surface area contributed by atoms with Gasteiger partial charge in [0.1, 0.15) is 5.84 Å². The fourth-order valence-corrected chi connectivity index (χ4v) is 3.76.